The normalized spacial score (nSPS) is 16.9. The summed E-state index contributed by atoms with van der Waals surface area (Å²) in [5, 5.41) is -24.4. The van der Waals surface area contributed by atoms with Crippen molar-refractivity contribution in [3.63, 3.8) is 0 Å². The zero-order chi connectivity index (χ0) is 88.5. The van der Waals surface area contributed by atoms with Gasteiger partial charge < -0.3 is 9.11 Å². The van der Waals surface area contributed by atoms with Crippen molar-refractivity contribution < 1.29 is 345 Å². The summed E-state index contributed by atoms with van der Waals surface area (Å²) in [5.74, 6) is -218. The minimum atomic E-state index is -9.40. The van der Waals surface area contributed by atoms with E-state index in [1.54, 1.807) is 0 Å². The van der Waals surface area contributed by atoms with E-state index in [4.69, 9.17) is 4.55 Å². The van der Waals surface area contributed by atoms with Crippen LogP contribution in [0.25, 0.3) is 0 Å². The van der Waals surface area contributed by atoms with Gasteiger partial charge in [0.15, 0.2) is 20.2 Å². The Morgan fingerprint density at radius 2 is 0.226 bits per heavy atom. The molecular weight excluding hydrogens is 1820 g/mol. The van der Waals surface area contributed by atoms with E-state index in [0.29, 0.717) is 0 Å². The van der Waals surface area contributed by atoms with Crippen LogP contribution in [0.5, 0.6) is 0 Å². The van der Waals surface area contributed by atoms with Gasteiger partial charge in [-0.2, -0.15) is 285 Å². The molecule has 0 radical (unpaired) electrons. The van der Waals surface area contributed by atoms with Crippen molar-refractivity contribution in [1.29, 1.82) is 0 Å². The maximum Gasteiger partial charge on any atom is 1.00 e. The van der Waals surface area contributed by atoms with Crippen LogP contribution < -0.4 is 29.6 Å². The van der Waals surface area contributed by atoms with Crippen molar-refractivity contribution in [1.82, 2.24) is 0 Å². The van der Waals surface area contributed by atoms with Crippen molar-refractivity contribution in [2.45, 2.75) is 176 Å². The van der Waals surface area contributed by atoms with E-state index in [1.807, 2.05) is 0 Å². The van der Waals surface area contributed by atoms with Crippen LogP contribution in [0.4, 0.5) is 277 Å². The van der Waals surface area contributed by atoms with Crippen LogP contribution in [0, 0.1) is 0 Å². The first-order valence-electron chi connectivity index (χ1n) is 20.8. The van der Waals surface area contributed by atoms with E-state index in [0.717, 1.165) is 0 Å². The van der Waals surface area contributed by atoms with Gasteiger partial charge in [-0.1, -0.05) is 0 Å². The van der Waals surface area contributed by atoms with Gasteiger partial charge in [-0.05, 0) is 0 Å². The average molecular weight is 1820 g/mol. The van der Waals surface area contributed by atoms with E-state index < -0.39 is 207 Å². The molecule has 0 heterocycles. The molecule has 0 saturated heterocycles. The van der Waals surface area contributed by atoms with Crippen LogP contribution in [0.1, 0.15) is 0 Å². The van der Waals surface area contributed by atoms with Gasteiger partial charge in [0.1, 0.15) is 0 Å². The Balaban J connectivity index is -0.000000733. The third kappa shape index (κ3) is 14.0. The van der Waals surface area contributed by atoms with Crippen molar-refractivity contribution in [2.24, 2.45) is 0 Å². The Labute approximate surface area is 551 Å². The molecule has 0 aliphatic rings. The van der Waals surface area contributed by atoms with Crippen LogP contribution >= 0.6 is 0 Å². The van der Waals surface area contributed by atoms with Crippen molar-refractivity contribution in [3.05, 3.63) is 0 Å². The first kappa shape index (κ1) is 109. The van der Waals surface area contributed by atoms with Gasteiger partial charge in [0, 0.05) is 0 Å². The third-order valence-electron chi connectivity index (χ3n) is 11.4. The fraction of sp³-hybridized carbons (Fsp3) is 1.00. The molecule has 0 spiro atoms. The second-order valence-electron chi connectivity index (χ2n) is 18.2. The van der Waals surface area contributed by atoms with Crippen molar-refractivity contribution in [2.75, 3.05) is 0 Å². The summed E-state index contributed by atoms with van der Waals surface area (Å²) in [6.45, 7) is 0. The second-order valence-corrected chi connectivity index (χ2v) is 22.5. The number of alkyl halides is 63. The number of rotatable bonds is 27. The Morgan fingerprint density at radius 3 is 0.302 bits per heavy atom. The first-order valence-corrected chi connectivity index (χ1v) is 25.0. The summed E-state index contributed by atoms with van der Waals surface area (Å²) in [5.41, 5.74) is 0. The van der Waals surface area contributed by atoms with Crippen LogP contribution in [-0.4, -0.2) is 215 Å². The fourth-order valence-electron chi connectivity index (χ4n) is 5.11. The summed E-state index contributed by atoms with van der Waals surface area (Å²) >= 11 is 0. The van der Waals surface area contributed by atoms with Gasteiger partial charge in [0.05, 0.1) is 0 Å². The number of halogens is 63. The molecule has 0 aliphatic heterocycles. The second kappa shape index (κ2) is 27.0. The van der Waals surface area contributed by atoms with E-state index in [-0.39, 0.29) is 29.6 Å². The molecule has 0 aromatic heterocycles. The topological polar surface area (TPSA) is 169 Å². The zero-order valence-electron chi connectivity index (χ0n) is 44.7. The molecule has 0 unspecified atom stereocenters. The van der Waals surface area contributed by atoms with Gasteiger partial charge in [-0.3, -0.25) is 4.55 Å². The molecule has 9 nitrogen and oxygen atoms in total. The van der Waals surface area contributed by atoms with Gasteiger partial charge in [-0.25, -0.2) is 16.8 Å². The molecular formula is C30HF63NaO9S3-. The zero-order valence-corrected chi connectivity index (χ0v) is 49.2. The van der Waals surface area contributed by atoms with Crippen molar-refractivity contribution in [3.8, 4) is 0 Å². The molecule has 76 heteroatoms. The summed E-state index contributed by atoms with van der Waals surface area (Å²) < 4.78 is 898. The van der Waals surface area contributed by atoms with E-state index in [9.17, 15) is 311 Å². The molecule has 1 N–H and O–H groups in total. The van der Waals surface area contributed by atoms with Crippen molar-refractivity contribution >= 4 is 30.4 Å². The summed E-state index contributed by atoms with van der Waals surface area (Å²) in [7, 11) is -24.8. The monoisotopic (exact) mass is 1820 g/mol. The van der Waals surface area contributed by atoms with E-state index in [2.05, 4.69) is 0 Å². The summed E-state index contributed by atoms with van der Waals surface area (Å²) in [6.07, 6.45) is -24.3. The molecule has 106 heavy (non-hydrogen) atoms. The van der Waals surface area contributed by atoms with Gasteiger partial charge in [-0.15, -0.1) is 0 Å². The Bertz CT molecular complexity index is 3100. The maximum atomic E-state index is 13.3. The van der Waals surface area contributed by atoms with E-state index in [1.165, 1.54) is 0 Å². The molecule has 0 aromatic rings. The third-order valence-corrected chi connectivity index (χ3v) is 14.1. The molecule has 0 atom stereocenters. The van der Waals surface area contributed by atoms with E-state index >= 15 is 0 Å². The first-order chi connectivity index (χ1) is 43.5. The summed E-state index contributed by atoms with van der Waals surface area (Å²) in [4.78, 5) is 0. The number of hydrogen-bond donors (Lipinski definition) is 1. The molecule has 636 valence electrons. The average Bonchev–Trinajstić information content (AvgIpc) is 0.692. The van der Waals surface area contributed by atoms with Crippen LogP contribution in [0.15, 0.2) is 0 Å². The Morgan fingerprint density at radius 1 is 0.151 bits per heavy atom. The van der Waals surface area contributed by atoms with Crippen LogP contribution in [-0.2, 0) is 30.4 Å². The quantitative estimate of drug-likeness (QED) is 0.0478. The predicted octanol–water partition coefficient (Wildman–Crippen LogP) is 14.7. The molecule has 0 aromatic carbocycles. The molecule has 0 aliphatic carbocycles. The number of hydrogen-bond acceptors (Lipinski definition) is 8. The largest absolute Gasteiger partial charge is 1.00 e. The minimum absolute atomic E-state index is 0. The molecule has 0 rings (SSSR count). The molecule has 0 amide bonds. The molecule has 0 bridgehead atoms. The summed E-state index contributed by atoms with van der Waals surface area (Å²) in [6, 6.07) is 0. The molecule has 0 fully saturated rings. The smallest absolute Gasteiger partial charge is 0.743 e. The minimum Gasteiger partial charge on any atom is -0.743 e. The van der Waals surface area contributed by atoms with Gasteiger partial charge in [0.25, 0.3) is 0 Å². The SMILES string of the molecule is O=S(=O)(O)C(F)(F)C(F)(F)C(F)(F)C(F)(F)C(F)(F)C(F)(F)C(F)(F)C(F)(F)C(F)(F)C(F)(F)F.O=S(=O)([O-])C(F)(F)C(F)(F)C(F)(F)C(F)(F)C(F)(F)C(F)(F)C(F)(F)C(F)(F)C(F)(F)C(F)(F)F.O=S(=O)([O-])C(F)(F)C(F)(F)C(F)(F)C(F)(F)C(F)(F)C(F)(F)C(F)(F)C(F)(F)C(F)(F)C(F)(F)F.[Na+]. The van der Waals surface area contributed by atoms with Gasteiger partial charge in [0.2, 0.25) is 0 Å². The standard InChI is InChI=1S/3C10HF21O3S.Na/c3*11-1(12,3(15,16)5(19,20)7(23,24)9(27,28)29)2(13,14)4(17,18)6(21,22)8(25,26)10(30,31)35(32,33)34;/h3*(H,32,33,34);/q;;;+1/p-2. The predicted molar refractivity (Wildman–Crippen MR) is 183 cm³/mol. The fourth-order valence-corrected chi connectivity index (χ4v) is 6.44. The van der Waals surface area contributed by atoms with Gasteiger partial charge >= 0.3 is 216 Å². The van der Waals surface area contributed by atoms with Crippen LogP contribution in [0.2, 0.25) is 0 Å². The Kier molecular flexibility index (Phi) is 27.7. The maximum absolute atomic E-state index is 13.3. The Hall–Kier alpha value is -3.68. The van der Waals surface area contributed by atoms with Crippen LogP contribution in [0.3, 0.4) is 0 Å². The molecule has 0 saturated carbocycles.